The van der Waals surface area contributed by atoms with Crippen LogP contribution in [0.2, 0.25) is 0 Å². The van der Waals surface area contributed by atoms with Crippen molar-refractivity contribution in [2.45, 2.75) is 31.7 Å². The van der Waals surface area contributed by atoms with E-state index in [0.717, 1.165) is 23.7 Å². The van der Waals surface area contributed by atoms with Crippen molar-refractivity contribution in [1.29, 1.82) is 0 Å². The van der Waals surface area contributed by atoms with E-state index in [4.69, 9.17) is 0 Å². The van der Waals surface area contributed by atoms with Crippen molar-refractivity contribution in [1.82, 2.24) is 15.1 Å². The molecule has 0 saturated heterocycles. The van der Waals surface area contributed by atoms with Crippen LogP contribution in [0.1, 0.15) is 36.2 Å². The van der Waals surface area contributed by atoms with Gasteiger partial charge >= 0.3 is 0 Å². The number of hydrogen-bond donors (Lipinski definition) is 1. The number of hydrogen-bond acceptors (Lipinski definition) is 3. The van der Waals surface area contributed by atoms with Gasteiger partial charge in [0.2, 0.25) is 0 Å². The molecule has 1 aliphatic rings. The number of fused-ring (bicyclic) bond motifs is 1. The Kier molecular flexibility index (Phi) is 3.26. The largest absolute Gasteiger partial charge is 0.348 e. The SMILES string of the molecule is Cn1nc(C(=O)NC2CCC(=O)CC2)c2ccccc21. The van der Waals surface area contributed by atoms with E-state index in [1.165, 1.54) is 0 Å². The molecule has 20 heavy (non-hydrogen) atoms. The number of nitrogens with one attached hydrogen (secondary N) is 1. The van der Waals surface area contributed by atoms with Gasteiger partial charge in [-0.2, -0.15) is 5.10 Å². The first-order valence-corrected chi connectivity index (χ1v) is 6.89. The van der Waals surface area contributed by atoms with E-state index in [-0.39, 0.29) is 11.9 Å². The van der Waals surface area contributed by atoms with Gasteiger partial charge in [-0.15, -0.1) is 0 Å². The topological polar surface area (TPSA) is 64.0 Å². The van der Waals surface area contributed by atoms with Crippen molar-refractivity contribution >= 4 is 22.6 Å². The van der Waals surface area contributed by atoms with Crippen molar-refractivity contribution in [3.8, 4) is 0 Å². The zero-order chi connectivity index (χ0) is 14.1. The van der Waals surface area contributed by atoms with Gasteiger partial charge in [-0.05, 0) is 18.9 Å². The fourth-order valence-electron chi connectivity index (χ4n) is 2.72. The number of nitrogens with zero attached hydrogens (tertiary/aromatic N) is 2. The summed E-state index contributed by atoms with van der Waals surface area (Å²) in [4.78, 5) is 23.6. The minimum absolute atomic E-state index is 0.0842. The first-order valence-electron chi connectivity index (χ1n) is 6.89. The number of carbonyl (C=O) groups excluding carboxylic acids is 2. The van der Waals surface area contributed by atoms with Crippen LogP contribution < -0.4 is 5.32 Å². The van der Waals surface area contributed by atoms with Crippen LogP contribution in [-0.4, -0.2) is 27.5 Å². The predicted octanol–water partition coefficient (Wildman–Crippen LogP) is 1.81. The Hall–Kier alpha value is -2.17. The van der Waals surface area contributed by atoms with Gasteiger partial charge in [0.05, 0.1) is 5.52 Å². The number of rotatable bonds is 2. The Morgan fingerprint density at radius 3 is 2.75 bits per heavy atom. The molecule has 1 aromatic carbocycles. The lowest BCUT2D eigenvalue weighted by Gasteiger charge is -2.21. The second kappa shape index (κ2) is 5.07. The van der Waals surface area contributed by atoms with E-state index in [1.807, 2.05) is 31.3 Å². The highest BCUT2D eigenvalue weighted by Crippen LogP contribution is 2.19. The van der Waals surface area contributed by atoms with Crippen molar-refractivity contribution < 1.29 is 9.59 Å². The Labute approximate surface area is 117 Å². The standard InChI is InChI=1S/C15H17N3O2/c1-18-13-5-3-2-4-12(13)14(17-18)15(20)16-10-6-8-11(19)9-7-10/h2-5,10H,6-9H2,1H3,(H,16,20). The minimum Gasteiger partial charge on any atom is -0.348 e. The molecule has 1 amide bonds. The lowest BCUT2D eigenvalue weighted by Crippen LogP contribution is -2.38. The maximum atomic E-state index is 12.3. The molecule has 0 atom stereocenters. The van der Waals surface area contributed by atoms with Crippen LogP contribution in [0.5, 0.6) is 0 Å². The fourth-order valence-corrected chi connectivity index (χ4v) is 2.72. The summed E-state index contributed by atoms with van der Waals surface area (Å²) >= 11 is 0. The maximum absolute atomic E-state index is 12.3. The number of ketones is 1. The summed E-state index contributed by atoms with van der Waals surface area (Å²) in [5, 5.41) is 8.16. The molecule has 2 aromatic rings. The van der Waals surface area contributed by atoms with Crippen LogP contribution in [0.25, 0.3) is 10.9 Å². The molecule has 104 valence electrons. The van der Waals surface area contributed by atoms with Gasteiger partial charge in [-0.25, -0.2) is 0 Å². The molecule has 0 bridgehead atoms. The summed E-state index contributed by atoms with van der Waals surface area (Å²) in [6.07, 6.45) is 2.59. The number of Topliss-reactive ketones (excluding diaryl/α,β-unsaturated/α-hetero) is 1. The first kappa shape index (κ1) is 12.8. The van der Waals surface area contributed by atoms with Gasteiger partial charge < -0.3 is 5.32 Å². The molecular weight excluding hydrogens is 254 g/mol. The number of benzene rings is 1. The summed E-state index contributed by atoms with van der Waals surface area (Å²) in [6, 6.07) is 7.76. The first-order chi connectivity index (χ1) is 9.65. The molecule has 5 nitrogen and oxygen atoms in total. The smallest absolute Gasteiger partial charge is 0.272 e. The van der Waals surface area contributed by atoms with Crippen LogP contribution >= 0.6 is 0 Å². The molecule has 1 heterocycles. The van der Waals surface area contributed by atoms with E-state index in [0.29, 0.717) is 24.3 Å². The zero-order valence-corrected chi connectivity index (χ0v) is 11.4. The molecule has 0 aliphatic heterocycles. The third-order valence-electron chi connectivity index (χ3n) is 3.85. The Bertz CT molecular complexity index is 665. The monoisotopic (exact) mass is 271 g/mol. The molecule has 3 rings (SSSR count). The molecule has 5 heteroatoms. The van der Waals surface area contributed by atoms with Gasteiger partial charge in [0.25, 0.3) is 5.91 Å². The predicted molar refractivity (Wildman–Crippen MR) is 75.4 cm³/mol. The van der Waals surface area contributed by atoms with Gasteiger partial charge in [-0.1, -0.05) is 18.2 Å². The highest BCUT2D eigenvalue weighted by molar-refractivity contribution is 6.05. The van der Waals surface area contributed by atoms with Gasteiger partial charge in [0, 0.05) is 31.3 Å². The Balaban J connectivity index is 1.81. The summed E-state index contributed by atoms with van der Waals surface area (Å²) in [6.45, 7) is 0. The van der Waals surface area contributed by atoms with Crippen LogP contribution in [-0.2, 0) is 11.8 Å². The quantitative estimate of drug-likeness (QED) is 0.906. The molecule has 0 radical (unpaired) electrons. The summed E-state index contributed by atoms with van der Waals surface area (Å²) < 4.78 is 1.72. The maximum Gasteiger partial charge on any atom is 0.272 e. The second-order valence-electron chi connectivity index (χ2n) is 5.28. The third kappa shape index (κ3) is 2.31. The Morgan fingerprint density at radius 1 is 1.30 bits per heavy atom. The van der Waals surface area contributed by atoms with Crippen LogP contribution in [0.4, 0.5) is 0 Å². The van der Waals surface area contributed by atoms with E-state index in [2.05, 4.69) is 10.4 Å². The number of aromatic nitrogens is 2. The van der Waals surface area contributed by atoms with Crippen LogP contribution in [0.15, 0.2) is 24.3 Å². The molecule has 0 unspecified atom stereocenters. The van der Waals surface area contributed by atoms with E-state index >= 15 is 0 Å². The van der Waals surface area contributed by atoms with Crippen LogP contribution in [0.3, 0.4) is 0 Å². The Morgan fingerprint density at radius 2 is 2.00 bits per heavy atom. The normalized spacial score (nSPS) is 16.6. The summed E-state index contributed by atoms with van der Waals surface area (Å²) in [5.41, 5.74) is 1.40. The lowest BCUT2D eigenvalue weighted by molar-refractivity contribution is -0.120. The highest BCUT2D eigenvalue weighted by Gasteiger charge is 2.23. The van der Waals surface area contributed by atoms with E-state index in [9.17, 15) is 9.59 Å². The van der Waals surface area contributed by atoms with Gasteiger partial charge in [-0.3, -0.25) is 14.3 Å². The molecule has 1 aliphatic carbocycles. The van der Waals surface area contributed by atoms with Gasteiger partial charge in [0.1, 0.15) is 5.78 Å². The van der Waals surface area contributed by atoms with Crippen molar-refractivity contribution in [2.24, 2.45) is 7.05 Å². The number of aryl methyl sites for hydroxylation is 1. The van der Waals surface area contributed by atoms with Crippen molar-refractivity contribution in [3.05, 3.63) is 30.0 Å². The fraction of sp³-hybridized carbons (Fsp3) is 0.400. The van der Waals surface area contributed by atoms with Crippen LogP contribution in [0, 0.1) is 0 Å². The third-order valence-corrected chi connectivity index (χ3v) is 3.85. The highest BCUT2D eigenvalue weighted by atomic mass is 16.2. The molecule has 1 fully saturated rings. The van der Waals surface area contributed by atoms with Crippen molar-refractivity contribution in [2.75, 3.05) is 0 Å². The number of carbonyl (C=O) groups is 2. The van der Waals surface area contributed by atoms with E-state index < -0.39 is 0 Å². The zero-order valence-electron chi connectivity index (χ0n) is 11.4. The summed E-state index contributed by atoms with van der Waals surface area (Å²) in [7, 11) is 1.83. The molecule has 1 saturated carbocycles. The van der Waals surface area contributed by atoms with E-state index in [1.54, 1.807) is 4.68 Å². The summed E-state index contributed by atoms with van der Waals surface area (Å²) in [5.74, 6) is 0.139. The number of amides is 1. The van der Waals surface area contributed by atoms with Crippen molar-refractivity contribution in [3.63, 3.8) is 0 Å². The average molecular weight is 271 g/mol. The minimum atomic E-state index is -0.152. The molecule has 1 N–H and O–H groups in total. The molecule has 0 spiro atoms. The lowest BCUT2D eigenvalue weighted by atomic mass is 9.94. The average Bonchev–Trinajstić information content (AvgIpc) is 2.79. The molecule has 1 aromatic heterocycles. The number of para-hydroxylation sites is 1. The van der Waals surface area contributed by atoms with Gasteiger partial charge in [0.15, 0.2) is 5.69 Å². The molecular formula is C15H17N3O2. The second-order valence-corrected chi connectivity index (χ2v) is 5.28.